The van der Waals surface area contributed by atoms with Gasteiger partial charge in [0.05, 0.1) is 17.4 Å². The van der Waals surface area contributed by atoms with Crippen molar-refractivity contribution < 1.29 is 18.8 Å². The second-order valence-corrected chi connectivity index (χ2v) is 7.50. The van der Waals surface area contributed by atoms with Gasteiger partial charge in [-0.3, -0.25) is 14.4 Å². The molecular weight excluding hydrogens is 383 g/mol. The number of carbonyl (C=O) groups is 2. The standard InChI is InChI=1S/C24H19FN2O3/c1-15-7-5-6-10-19(15)21-20-22(30-27(21)18-8-3-2-4-9-18)24(29)26(23(20)28)17-13-11-16(25)12-14-17/h2-14,20-22H,1H3/t20-,21-,22+/m0/s1. The molecule has 5 nitrogen and oxygen atoms in total. The summed E-state index contributed by atoms with van der Waals surface area (Å²) in [5, 5.41) is 1.68. The fourth-order valence-corrected chi connectivity index (χ4v) is 4.29. The summed E-state index contributed by atoms with van der Waals surface area (Å²) in [6.07, 6.45) is -0.938. The first-order valence-electron chi connectivity index (χ1n) is 9.76. The molecule has 0 saturated carbocycles. The fourth-order valence-electron chi connectivity index (χ4n) is 4.29. The third kappa shape index (κ3) is 2.80. The van der Waals surface area contributed by atoms with Gasteiger partial charge < -0.3 is 0 Å². The Morgan fingerprint density at radius 3 is 2.17 bits per heavy atom. The number of hydrogen-bond acceptors (Lipinski definition) is 4. The lowest BCUT2D eigenvalue weighted by Crippen LogP contribution is -2.37. The molecule has 3 atom stereocenters. The molecule has 30 heavy (non-hydrogen) atoms. The second-order valence-electron chi connectivity index (χ2n) is 7.50. The van der Waals surface area contributed by atoms with Crippen molar-refractivity contribution >= 4 is 23.2 Å². The molecule has 0 aliphatic carbocycles. The number of hydroxylamine groups is 1. The number of para-hydroxylation sites is 1. The van der Waals surface area contributed by atoms with Crippen molar-refractivity contribution in [3.8, 4) is 0 Å². The fraction of sp³-hybridized carbons (Fsp3) is 0.167. The van der Waals surface area contributed by atoms with Gasteiger partial charge in [0, 0.05) is 0 Å². The van der Waals surface area contributed by atoms with Gasteiger partial charge in [0.2, 0.25) is 5.91 Å². The first-order valence-corrected chi connectivity index (χ1v) is 9.76. The van der Waals surface area contributed by atoms with Gasteiger partial charge in [-0.05, 0) is 54.4 Å². The number of anilines is 2. The number of carbonyl (C=O) groups excluding carboxylic acids is 2. The van der Waals surface area contributed by atoms with E-state index in [2.05, 4.69) is 0 Å². The molecule has 3 aromatic carbocycles. The molecule has 0 bridgehead atoms. The van der Waals surface area contributed by atoms with E-state index in [1.54, 1.807) is 5.06 Å². The van der Waals surface area contributed by atoms with Crippen LogP contribution in [0, 0.1) is 18.7 Å². The van der Waals surface area contributed by atoms with E-state index in [-0.39, 0.29) is 5.91 Å². The summed E-state index contributed by atoms with van der Waals surface area (Å²) in [6.45, 7) is 1.98. The Morgan fingerprint density at radius 1 is 0.800 bits per heavy atom. The predicted octanol–water partition coefficient (Wildman–Crippen LogP) is 4.19. The molecule has 2 fully saturated rings. The van der Waals surface area contributed by atoms with Gasteiger partial charge in [0.1, 0.15) is 11.7 Å². The number of halogens is 1. The highest BCUT2D eigenvalue weighted by Crippen LogP contribution is 2.48. The van der Waals surface area contributed by atoms with Crippen LogP contribution in [-0.2, 0) is 14.4 Å². The lowest BCUT2D eigenvalue weighted by molar-refractivity contribution is -0.126. The molecule has 0 radical (unpaired) electrons. The summed E-state index contributed by atoms with van der Waals surface area (Å²) in [7, 11) is 0. The Labute approximate surface area is 173 Å². The predicted molar refractivity (Wildman–Crippen MR) is 110 cm³/mol. The Bertz CT molecular complexity index is 1120. The van der Waals surface area contributed by atoms with E-state index >= 15 is 0 Å². The molecule has 0 aromatic heterocycles. The zero-order chi connectivity index (χ0) is 20.8. The average Bonchev–Trinajstić information content (AvgIpc) is 3.26. The largest absolute Gasteiger partial charge is 0.273 e. The first kappa shape index (κ1) is 18.5. The molecule has 2 aliphatic heterocycles. The second kappa shape index (κ2) is 7.07. The molecular formula is C24H19FN2O3. The highest BCUT2D eigenvalue weighted by Gasteiger charge is 2.60. The third-order valence-electron chi connectivity index (χ3n) is 5.72. The molecule has 0 unspecified atom stereocenters. The first-order chi connectivity index (χ1) is 14.6. The lowest BCUT2D eigenvalue weighted by Gasteiger charge is -2.29. The number of aryl methyl sites for hydroxylation is 1. The number of rotatable bonds is 3. The summed E-state index contributed by atoms with van der Waals surface area (Å²) in [6, 6.07) is 22.1. The Kier molecular flexibility index (Phi) is 4.37. The maximum absolute atomic E-state index is 13.5. The summed E-state index contributed by atoms with van der Waals surface area (Å²) in [4.78, 5) is 33.9. The molecule has 6 heteroatoms. The third-order valence-corrected chi connectivity index (χ3v) is 5.72. The summed E-state index contributed by atoms with van der Waals surface area (Å²) in [5.41, 5.74) is 3.05. The van der Waals surface area contributed by atoms with Gasteiger partial charge in [-0.2, -0.15) is 0 Å². The summed E-state index contributed by atoms with van der Waals surface area (Å²) < 4.78 is 13.3. The van der Waals surface area contributed by atoms with Crippen LogP contribution in [0.1, 0.15) is 17.2 Å². The van der Waals surface area contributed by atoms with E-state index in [4.69, 9.17) is 4.84 Å². The van der Waals surface area contributed by atoms with Crippen LogP contribution in [0.5, 0.6) is 0 Å². The smallest absolute Gasteiger partial charge is 0.266 e. The van der Waals surface area contributed by atoms with Crippen molar-refractivity contribution in [1.82, 2.24) is 0 Å². The van der Waals surface area contributed by atoms with E-state index in [9.17, 15) is 14.0 Å². The minimum atomic E-state index is -0.938. The number of imide groups is 1. The van der Waals surface area contributed by atoms with Crippen LogP contribution in [-0.4, -0.2) is 17.9 Å². The van der Waals surface area contributed by atoms with Crippen LogP contribution in [0.3, 0.4) is 0 Å². The zero-order valence-corrected chi connectivity index (χ0v) is 16.2. The number of fused-ring (bicyclic) bond motifs is 1. The highest BCUT2D eigenvalue weighted by atomic mass is 19.1. The van der Waals surface area contributed by atoms with E-state index < -0.39 is 29.8 Å². The van der Waals surface area contributed by atoms with Crippen molar-refractivity contribution in [2.75, 3.05) is 9.96 Å². The molecule has 2 heterocycles. The number of benzene rings is 3. The molecule has 3 aromatic rings. The minimum absolute atomic E-state index is 0.344. The normalized spacial score (nSPS) is 23.2. The van der Waals surface area contributed by atoms with E-state index in [0.29, 0.717) is 5.69 Å². The Morgan fingerprint density at radius 2 is 1.47 bits per heavy atom. The van der Waals surface area contributed by atoms with Crippen LogP contribution in [0.4, 0.5) is 15.8 Å². The van der Waals surface area contributed by atoms with Crippen molar-refractivity contribution in [2.45, 2.75) is 19.1 Å². The van der Waals surface area contributed by atoms with Crippen molar-refractivity contribution in [1.29, 1.82) is 0 Å². The van der Waals surface area contributed by atoms with Gasteiger partial charge in [-0.1, -0.05) is 42.5 Å². The molecule has 2 saturated heterocycles. The molecule has 5 rings (SSSR count). The number of hydrogen-bond donors (Lipinski definition) is 0. The SMILES string of the molecule is Cc1ccccc1[C@H]1[C@@H]2C(=O)N(c3ccc(F)cc3)C(=O)[C@@H]2ON1c1ccccc1. The van der Waals surface area contributed by atoms with Crippen LogP contribution < -0.4 is 9.96 Å². The van der Waals surface area contributed by atoms with E-state index in [1.807, 2.05) is 61.5 Å². The zero-order valence-electron chi connectivity index (χ0n) is 16.2. The highest BCUT2D eigenvalue weighted by molar-refractivity contribution is 6.23. The molecule has 2 amide bonds. The van der Waals surface area contributed by atoms with Crippen molar-refractivity contribution in [3.63, 3.8) is 0 Å². The maximum Gasteiger partial charge on any atom is 0.266 e. The van der Waals surface area contributed by atoms with Crippen LogP contribution in [0.25, 0.3) is 0 Å². The van der Waals surface area contributed by atoms with Crippen LogP contribution in [0.15, 0.2) is 78.9 Å². The van der Waals surface area contributed by atoms with Gasteiger partial charge >= 0.3 is 0 Å². The molecule has 150 valence electrons. The quantitative estimate of drug-likeness (QED) is 0.617. The number of nitrogens with zero attached hydrogens (tertiary/aromatic N) is 2. The van der Waals surface area contributed by atoms with Crippen molar-refractivity contribution in [3.05, 3.63) is 95.8 Å². The van der Waals surface area contributed by atoms with E-state index in [1.165, 1.54) is 24.3 Å². The lowest BCUT2D eigenvalue weighted by atomic mass is 9.88. The van der Waals surface area contributed by atoms with Gasteiger partial charge in [0.15, 0.2) is 6.10 Å². The molecule has 0 spiro atoms. The maximum atomic E-state index is 13.5. The number of amides is 2. The van der Waals surface area contributed by atoms with E-state index in [0.717, 1.165) is 21.7 Å². The monoisotopic (exact) mass is 402 g/mol. The molecule has 0 N–H and O–H groups in total. The molecule has 2 aliphatic rings. The van der Waals surface area contributed by atoms with Crippen LogP contribution in [0.2, 0.25) is 0 Å². The van der Waals surface area contributed by atoms with Gasteiger partial charge in [-0.25, -0.2) is 14.4 Å². The topological polar surface area (TPSA) is 49.9 Å². The summed E-state index contributed by atoms with van der Waals surface area (Å²) in [5.74, 6) is -1.91. The Balaban J connectivity index is 1.60. The van der Waals surface area contributed by atoms with Crippen LogP contribution >= 0.6 is 0 Å². The minimum Gasteiger partial charge on any atom is -0.273 e. The van der Waals surface area contributed by atoms with Crippen molar-refractivity contribution in [2.24, 2.45) is 5.92 Å². The van der Waals surface area contributed by atoms with Gasteiger partial charge in [0.25, 0.3) is 5.91 Å². The average molecular weight is 402 g/mol. The Hall–Kier alpha value is -3.51. The van der Waals surface area contributed by atoms with Gasteiger partial charge in [-0.15, -0.1) is 0 Å². The summed E-state index contributed by atoms with van der Waals surface area (Å²) >= 11 is 0.